The van der Waals surface area contributed by atoms with Crippen molar-refractivity contribution in [2.24, 2.45) is 4.99 Å². The summed E-state index contributed by atoms with van der Waals surface area (Å²) in [6.45, 7) is 4.49. The van der Waals surface area contributed by atoms with Crippen molar-refractivity contribution >= 4 is 45.9 Å². The first-order valence-electron chi connectivity index (χ1n) is 8.89. The van der Waals surface area contributed by atoms with Crippen LogP contribution in [0.15, 0.2) is 27.7 Å². The monoisotopic (exact) mass is 560 g/mol. The van der Waals surface area contributed by atoms with E-state index in [2.05, 4.69) is 31.6 Å². The Hall–Kier alpha value is -0.680. The van der Waals surface area contributed by atoms with Gasteiger partial charge < -0.3 is 15.4 Å². The van der Waals surface area contributed by atoms with E-state index in [1.54, 1.807) is 7.11 Å². The second-order valence-electron chi connectivity index (χ2n) is 6.26. The predicted octanol–water partition coefficient (Wildman–Crippen LogP) is 3.86. The van der Waals surface area contributed by atoms with Gasteiger partial charge in [-0.2, -0.15) is 0 Å². The molecule has 1 aliphatic heterocycles. The highest BCUT2D eigenvalue weighted by atomic mass is 127. The van der Waals surface area contributed by atoms with Crippen molar-refractivity contribution in [2.75, 3.05) is 33.3 Å². The first-order chi connectivity index (χ1) is 12.5. The molecule has 0 amide bonds. The highest BCUT2D eigenvalue weighted by molar-refractivity contribution is 14.0. The van der Waals surface area contributed by atoms with Gasteiger partial charge in [-0.25, -0.2) is 13.8 Å². The summed E-state index contributed by atoms with van der Waals surface area (Å²) in [5.74, 6) is 1.54. The molecule has 0 aromatic heterocycles. The van der Waals surface area contributed by atoms with Crippen LogP contribution in [0.3, 0.4) is 0 Å². The number of nitrogens with zero attached hydrogens (tertiary/aromatic N) is 2. The number of likely N-dealkylation sites (tertiary alicyclic amines) is 1. The van der Waals surface area contributed by atoms with Gasteiger partial charge in [0.05, 0.1) is 20.2 Å². The first-order valence-corrected chi connectivity index (χ1v) is 9.68. The fourth-order valence-electron chi connectivity index (χ4n) is 3.00. The second-order valence-corrected chi connectivity index (χ2v) is 7.18. The van der Waals surface area contributed by atoms with Crippen LogP contribution in [-0.2, 0) is 6.54 Å². The maximum Gasteiger partial charge on any atom is 0.251 e. The van der Waals surface area contributed by atoms with Gasteiger partial charge in [-0.15, -0.1) is 24.0 Å². The molecular weight excluding hydrogens is 533 g/mol. The van der Waals surface area contributed by atoms with E-state index >= 15 is 0 Å². The van der Waals surface area contributed by atoms with Crippen molar-refractivity contribution in [3.05, 3.63) is 28.2 Å². The Morgan fingerprint density at radius 1 is 1.37 bits per heavy atom. The molecule has 0 saturated carbocycles. The number of aliphatic imine (C=N–C) groups is 1. The Labute approximate surface area is 185 Å². The van der Waals surface area contributed by atoms with E-state index in [0.717, 1.165) is 41.1 Å². The van der Waals surface area contributed by atoms with Gasteiger partial charge in [0, 0.05) is 35.7 Å². The molecule has 1 aromatic carbocycles. The van der Waals surface area contributed by atoms with Crippen LogP contribution in [0.25, 0.3) is 0 Å². The number of ether oxygens (including phenoxy) is 1. The molecule has 5 nitrogen and oxygen atoms in total. The van der Waals surface area contributed by atoms with Crippen LogP contribution < -0.4 is 15.4 Å². The predicted molar refractivity (Wildman–Crippen MR) is 120 cm³/mol. The molecule has 0 aliphatic carbocycles. The fourth-order valence-corrected chi connectivity index (χ4v) is 3.41. The Balaban J connectivity index is 0.00000364. The minimum Gasteiger partial charge on any atom is -0.496 e. The Morgan fingerprint density at radius 2 is 2.07 bits per heavy atom. The largest absolute Gasteiger partial charge is 0.496 e. The lowest BCUT2D eigenvalue weighted by Crippen LogP contribution is -2.49. The molecule has 0 radical (unpaired) electrons. The van der Waals surface area contributed by atoms with E-state index in [-0.39, 0.29) is 36.6 Å². The molecule has 1 heterocycles. The van der Waals surface area contributed by atoms with Gasteiger partial charge in [0.25, 0.3) is 6.43 Å². The highest BCUT2D eigenvalue weighted by Crippen LogP contribution is 2.23. The number of guanidine groups is 1. The van der Waals surface area contributed by atoms with Gasteiger partial charge in [0.2, 0.25) is 0 Å². The highest BCUT2D eigenvalue weighted by Gasteiger charge is 2.22. The van der Waals surface area contributed by atoms with Gasteiger partial charge in [-0.3, -0.25) is 4.90 Å². The van der Waals surface area contributed by atoms with E-state index < -0.39 is 6.43 Å². The number of piperidine rings is 1. The molecule has 0 bridgehead atoms. The van der Waals surface area contributed by atoms with Crippen LogP contribution in [0.1, 0.15) is 25.3 Å². The topological polar surface area (TPSA) is 48.9 Å². The van der Waals surface area contributed by atoms with Crippen LogP contribution in [0.5, 0.6) is 5.75 Å². The molecule has 154 valence electrons. The molecule has 2 rings (SSSR count). The third kappa shape index (κ3) is 8.47. The molecule has 0 spiro atoms. The lowest BCUT2D eigenvalue weighted by atomic mass is 10.1. The van der Waals surface area contributed by atoms with Crippen LogP contribution in [0.4, 0.5) is 8.78 Å². The normalized spacial score (nSPS) is 16.1. The van der Waals surface area contributed by atoms with Gasteiger partial charge in [0.15, 0.2) is 5.96 Å². The summed E-state index contributed by atoms with van der Waals surface area (Å²) in [5, 5.41) is 6.67. The number of alkyl halides is 2. The van der Waals surface area contributed by atoms with Crippen LogP contribution in [0.2, 0.25) is 0 Å². The van der Waals surface area contributed by atoms with E-state index in [4.69, 9.17) is 4.74 Å². The van der Waals surface area contributed by atoms with Gasteiger partial charge in [-0.1, -0.05) is 15.9 Å². The minimum absolute atomic E-state index is 0. The summed E-state index contributed by atoms with van der Waals surface area (Å²) >= 11 is 3.47. The van der Waals surface area contributed by atoms with Gasteiger partial charge in [0.1, 0.15) is 5.75 Å². The minimum atomic E-state index is -2.27. The number of nitrogens with one attached hydrogen (secondary N) is 2. The number of halogens is 4. The van der Waals surface area contributed by atoms with Crippen molar-refractivity contribution in [1.82, 2.24) is 15.5 Å². The maximum absolute atomic E-state index is 12.5. The quantitative estimate of drug-likeness (QED) is 0.302. The number of methoxy groups -OCH3 is 1. The first kappa shape index (κ1) is 24.4. The summed E-state index contributed by atoms with van der Waals surface area (Å²) < 4.78 is 31.3. The van der Waals surface area contributed by atoms with Crippen molar-refractivity contribution in [1.29, 1.82) is 0 Å². The summed E-state index contributed by atoms with van der Waals surface area (Å²) in [6, 6.07) is 6.08. The molecule has 1 aliphatic rings. The van der Waals surface area contributed by atoms with Gasteiger partial charge >= 0.3 is 0 Å². The maximum atomic E-state index is 12.5. The average molecular weight is 561 g/mol. The van der Waals surface area contributed by atoms with E-state index in [1.807, 2.05) is 30.0 Å². The lowest BCUT2D eigenvalue weighted by molar-refractivity contribution is 0.0744. The zero-order chi connectivity index (χ0) is 18.9. The average Bonchev–Trinajstić information content (AvgIpc) is 2.61. The third-order valence-corrected chi connectivity index (χ3v) is 4.81. The zero-order valence-electron chi connectivity index (χ0n) is 15.7. The summed E-state index contributed by atoms with van der Waals surface area (Å²) in [7, 11) is 1.65. The van der Waals surface area contributed by atoms with Crippen molar-refractivity contribution in [2.45, 2.75) is 38.8 Å². The molecule has 9 heteroatoms. The summed E-state index contributed by atoms with van der Waals surface area (Å²) in [6.07, 6.45) is -0.604. The van der Waals surface area contributed by atoms with Crippen LogP contribution in [0, 0.1) is 0 Å². The number of hydrogen-bond donors (Lipinski definition) is 2. The molecule has 0 atom stereocenters. The van der Waals surface area contributed by atoms with Crippen LogP contribution in [-0.4, -0.2) is 56.6 Å². The van der Waals surface area contributed by atoms with E-state index in [0.29, 0.717) is 19.6 Å². The fraction of sp³-hybridized carbons (Fsp3) is 0.611. The summed E-state index contributed by atoms with van der Waals surface area (Å²) in [5.41, 5.74) is 0.992. The zero-order valence-corrected chi connectivity index (χ0v) is 19.6. The number of benzene rings is 1. The molecular formula is C18H28BrF2IN4O. The molecule has 27 heavy (non-hydrogen) atoms. The third-order valence-electron chi connectivity index (χ3n) is 4.32. The van der Waals surface area contributed by atoms with E-state index in [1.165, 1.54) is 0 Å². The lowest BCUT2D eigenvalue weighted by Gasteiger charge is -2.32. The van der Waals surface area contributed by atoms with Crippen molar-refractivity contribution < 1.29 is 13.5 Å². The molecule has 1 saturated heterocycles. The number of rotatable bonds is 7. The van der Waals surface area contributed by atoms with E-state index in [9.17, 15) is 8.78 Å². The number of hydrogen-bond acceptors (Lipinski definition) is 3. The molecule has 0 unspecified atom stereocenters. The molecule has 2 N–H and O–H groups in total. The van der Waals surface area contributed by atoms with Gasteiger partial charge in [-0.05, 0) is 38.0 Å². The second kappa shape index (κ2) is 12.7. The molecule has 1 fully saturated rings. The smallest absolute Gasteiger partial charge is 0.251 e. The molecule has 1 aromatic rings. The van der Waals surface area contributed by atoms with Crippen molar-refractivity contribution in [3.63, 3.8) is 0 Å². The van der Waals surface area contributed by atoms with Crippen molar-refractivity contribution in [3.8, 4) is 5.75 Å². The Kier molecular flexibility index (Phi) is 11.5. The van der Waals surface area contributed by atoms with Crippen LogP contribution >= 0.6 is 39.9 Å². The standard InChI is InChI=1S/C18H27BrF2N4O.HI/c1-3-22-18(23-11-13-10-14(19)4-5-16(13)26-2)24-15-6-8-25(9-7-15)12-17(20)21;/h4-5,10,15,17H,3,6-9,11-12H2,1-2H3,(H2,22,23,24);1H. The summed E-state index contributed by atoms with van der Waals surface area (Å²) in [4.78, 5) is 6.47. The Morgan fingerprint density at radius 3 is 2.67 bits per heavy atom. The SMILES string of the molecule is CCNC(=NCc1cc(Br)ccc1OC)NC1CCN(CC(F)F)CC1.I. The Bertz CT molecular complexity index is 599.